The minimum atomic E-state index is -0.615. The number of methoxy groups -OCH3 is 2. The summed E-state index contributed by atoms with van der Waals surface area (Å²) in [6, 6.07) is 19.3. The van der Waals surface area contributed by atoms with Gasteiger partial charge in [0.1, 0.15) is 5.75 Å². The highest BCUT2D eigenvalue weighted by atomic mass is 16.5. The average Bonchev–Trinajstić information content (AvgIpc) is 2.71. The van der Waals surface area contributed by atoms with Crippen LogP contribution >= 0.6 is 0 Å². The Balaban J connectivity index is 1.64. The fraction of sp³-hybridized carbons (Fsp3) is 0.227. The molecule has 0 fully saturated rings. The zero-order chi connectivity index (χ0) is 19.2. The van der Waals surface area contributed by atoms with Crippen LogP contribution in [0.5, 0.6) is 17.2 Å². The number of ether oxygens (including phenoxy) is 3. The van der Waals surface area contributed by atoms with Gasteiger partial charge in [-0.2, -0.15) is 0 Å². The summed E-state index contributed by atoms with van der Waals surface area (Å²) in [6.45, 7) is 2.12. The fourth-order valence-corrected chi connectivity index (χ4v) is 2.87. The first-order chi connectivity index (χ1) is 13.1. The van der Waals surface area contributed by atoms with Gasteiger partial charge in [-0.05, 0) is 36.1 Å². The minimum Gasteiger partial charge on any atom is -0.493 e. The Kier molecular flexibility index (Phi) is 5.81. The number of nitrogens with one attached hydrogen (secondary N) is 1. The highest BCUT2D eigenvalue weighted by molar-refractivity contribution is 5.89. The number of rotatable bonds is 7. The number of fused-ring (bicyclic) bond motifs is 1. The Hall–Kier alpha value is -3.21. The highest BCUT2D eigenvalue weighted by Crippen LogP contribution is 2.28. The highest BCUT2D eigenvalue weighted by Gasteiger charge is 2.16. The van der Waals surface area contributed by atoms with Gasteiger partial charge in [0.05, 0.1) is 14.2 Å². The molecule has 140 valence electrons. The zero-order valence-corrected chi connectivity index (χ0v) is 15.7. The minimum absolute atomic E-state index is 0.183. The van der Waals surface area contributed by atoms with Crippen LogP contribution in [0.4, 0.5) is 0 Å². The number of benzene rings is 3. The Labute approximate surface area is 158 Å². The molecule has 1 atom stereocenters. The van der Waals surface area contributed by atoms with E-state index in [2.05, 4.69) is 5.32 Å². The lowest BCUT2D eigenvalue weighted by molar-refractivity contribution is -0.127. The van der Waals surface area contributed by atoms with Gasteiger partial charge in [-0.1, -0.05) is 42.5 Å². The second kappa shape index (κ2) is 8.45. The van der Waals surface area contributed by atoms with E-state index in [-0.39, 0.29) is 5.91 Å². The smallest absolute Gasteiger partial charge is 0.261 e. The van der Waals surface area contributed by atoms with Gasteiger partial charge >= 0.3 is 0 Å². The lowest BCUT2D eigenvalue weighted by Gasteiger charge is -2.16. The third-order valence-electron chi connectivity index (χ3n) is 4.34. The normalized spacial score (nSPS) is 11.7. The number of hydrogen-bond acceptors (Lipinski definition) is 4. The summed E-state index contributed by atoms with van der Waals surface area (Å²) in [4.78, 5) is 12.4. The molecule has 0 aliphatic heterocycles. The van der Waals surface area contributed by atoms with E-state index in [4.69, 9.17) is 14.2 Å². The number of hydrogen-bond donors (Lipinski definition) is 1. The van der Waals surface area contributed by atoms with Crippen LogP contribution in [0, 0.1) is 0 Å². The van der Waals surface area contributed by atoms with Crippen molar-refractivity contribution < 1.29 is 19.0 Å². The second-order valence-corrected chi connectivity index (χ2v) is 6.14. The molecular formula is C22H23NO4. The van der Waals surface area contributed by atoms with Crippen molar-refractivity contribution in [2.45, 2.75) is 19.6 Å². The lowest BCUT2D eigenvalue weighted by atomic mass is 10.1. The number of carbonyl (C=O) groups excluding carboxylic acids is 1. The van der Waals surface area contributed by atoms with Crippen LogP contribution in [0.25, 0.3) is 10.8 Å². The molecule has 3 rings (SSSR count). The molecule has 5 nitrogen and oxygen atoms in total. The number of amides is 1. The standard InChI is InChI=1S/C22H23NO4/c1-15(27-19-10-6-8-17-7-4-5-9-18(17)19)22(24)23-14-16-11-12-20(25-2)21(13-16)26-3/h4-13,15H,14H2,1-3H3,(H,23,24)/t15-/m0/s1. The molecule has 3 aromatic carbocycles. The van der Waals surface area contributed by atoms with Crippen molar-refractivity contribution in [3.8, 4) is 17.2 Å². The quantitative estimate of drug-likeness (QED) is 0.689. The Bertz CT molecular complexity index is 933. The van der Waals surface area contributed by atoms with E-state index in [1.54, 1.807) is 21.1 Å². The fourth-order valence-electron chi connectivity index (χ4n) is 2.87. The van der Waals surface area contributed by atoms with E-state index in [0.717, 1.165) is 16.3 Å². The molecule has 3 aromatic rings. The molecule has 0 aliphatic carbocycles. The van der Waals surface area contributed by atoms with Crippen molar-refractivity contribution in [2.24, 2.45) is 0 Å². The maximum Gasteiger partial charge on any atom is 0.261 e. The van der Waals surface area contributed by atoms with E-state index in [1.807, 2.05) is 60.7 Å². The van der Waals surface area contributed by atoms with Crippen LogP contribution in [0.3, 0.4) is 0 Å². The molecule has 0 aliphatic rings. The summed E-state index contributed by atoms with van der Waals surface area (Å²) < 4.78 is 16.4. The van der Waals surface area contributed by atoms with Gasteiger partial charge in [-0.15, -0.1) is 0 Å². The first-order valence-corrected chi connectivity index (χ1v) is 8.75. The molecule has 0 bridgehead atoms. The third-order valence-corrected chi connectivity index (χ3v) is 4.34. The largest absolute Gasteiger partial charge is 0.493 e. The molecule has 1 N–H and O–H groups in total. The van der Waals surface area contributed by atoms with Crippen molar-refractivity contribution in [3.63, 3.8) is 0 Å². The van der Waals surface area contributed by atoms with Gasteiger partial charge in [0.25, 0.3) is 5.91 Å². The van der Waals surface area contributed by atoms with Gasteiger partial charge in [0.2, 0.25) is 0 Å². The molecule has 0 saturated carbocycles. The van der Waals surface area contributed by atoms with Crippen LogP contribution in [0.2, 0.25) is 0 Å². The molecule has 0 spiro atoms. The van der Waals surface area contributed by atoms with Gasteiger partial charge in [-0.3, -0.25) is 4.79 Å². The monoisotopic (exact) mass is 365 g/mol. The predicted molar refractivity (Wildman–Crippen MR) is 105 cm³/mol. The molecule has 0 unspecified atom stereocenters. The summed E-state index contributed by atoms with van der Waals surface area (Å²) in [5, 5.41) is 4.96. The average molecular weight is 365 g/mol. The van der Waals surface area contributed by atoms with E-state index in [1.165, 1.54) is 0 Å². The third kappa shape index (κ3) is 4.31. The molecule has 0 saturated heterocycles. The molecule has 0 radical (unpaired) electrons. The Morgan fingerprint density at radius 3 is 2.44 bits per heavy atom. The maximum atomic E-state index is 12.4. The summed E-state index contributed by atoms with van der Waals surface area (Å²) in [7, 11) is 3.17. The first kappa shape index (κ1) is 18.6. The Morgan fingerprint density at radius 2 is 1.67 bits per heavy atom. The summed E-state index contributed by atoms with van der Waals surface area (Å²) >= 11 is 0. The topological polar surface area (TPSA) is 56.8 Å². The predicted octanol–water partition coefficient (Wildman–Crippen LogP) is 3.94. The molecule has 0 heterocycles. The van der Waals surface area contributed by atoms with Gasteiger partial charge in [-0.25, -0.2) is 0 Å². The molecule has 1 amide bonds. The summed E-state index contributed by atoms with van der Waals surface area (Å²) in [5.74, 6) is 1.80. The van der Waals surface area contributed by atoms with E-state index < -0.39 is 6.10 Å². The van der Waals surface area contributed by atoms with E-state index in [0.29, 0.717) is 23.8 Å². The van der Waals surface area contributed by atoms with Gasteiger partial charge in [0, 0.05) is 11.9 Å². The van der Waals surface area contributed by atoms with Crippen LogP contribution in [-0.4, -0.2) is 26.2 Å². The van der Waals surface area contributed by atoms with Crippen molar-refractivity contribution in [1.82, 2.24) is 5.32 Å². The van der Waals surface area contributed by atoms with Crippen molar-refractivity contribution in [3.05, 3.63) is 66.2 Å². The van der Waals surface area contributed by atoms with Gasteiger partial charge < -0.3 is 19.5 Å². The maximum absolute atomic E-state index is 12.4. The SMILES string of the molecule is COc1ccc(CNC(=O)[C@H](C)Oc2cccc3ccccc23)cc1OC. The molecule has 27 heavy (non-hydrogen) atoms. The van der Waals surface area contributed by atoms with Crippen LogP contribution in [0.15, 0.2) is 60.7 Å². The van der Waals surface area contributed by atoms with E-state index >= 15 is 0 Å². The van der Waals surface area contributed by atoms with Crippen LogP contribution < -0.4 is 19.5 Å². The van der Waals surface area contributed by atoms with Crippen LogP contribution in [-0.2, 0) is 11.3 Å². The Morgan fingerprint density at radius 1 is 0.926 bits per heavy atom. The molecule has 5 heteroatoms. The molecule has 0 aromatic heterocycles. The summed E-state index contributed by atoms with van der Waals surface area (Å²) in [5.41, 5.74) is 0.915. The molecular weight excluding hydrogens is 342 g/mol. The van der Waals surface area contributed by atoms with Crippen molar-refractivity contribution in [1.29, 1.82) is 0 Å². The lowest BCUT2D eigenvalue weighted by Crippen LogP contribution is -2.35. The summed E-state index contributed by atoms with van der Waals surface area (Å²) in [6.07, 6.45) is -0.615. The van der Waals surface area contributed by atoms with Crippen molar-refractivity contribution >= 4 is 16.7 Å². The van der Waals surface area contributed by atoms with E-state index in [9.17, 15) is 4.79 Å². The first-order valence-electron chi connectivity index (χ1n) is 8.75. The second-order valence-electron chi connectivity index (χ2n) is 6.14. The number of carbonyl (C=O) groups is 1. The van der Waals surface area contributed by atoms with Crippen LogP contribution in [0.1, 0.15) is 12.5 Å². The zero-order valence-electron chi connectivity index (χ0n) is 15.7. The van der Waals surface area contributed by atoms with Gasteiger partial charge in [0.15, 0.2) is 17.6 Å². The van der Waals surface area contributed by atoms with Crippen molar-refractivity contribution in [2.75, 3.05) is 14.2 Å².